The molecule has 0 spiro atoms. The highest BCUT2D eigenvalue weighted by Crippen LogP contribution is 2.33. The Morgan fingerprint density at radius 3 is 2.59 bits per heavy atom. The van der Waals surface area contributed by atoms with Gasteiger partial charge in [0, 0.05) is 12.1 Å². The summed E-state index contributed by atoms with van der Waals surface area (Å²) in [6.07, 6.45) is 1.37. The molecular weight excluding hydrogens is 280 g/mol. The van der Waals surface area contributed by atoms with Crippen LogP contribution < -0.4 is 10.6 Å². The van der Waals surface area contributed by atoms with Crippen LogP contribution in [0, 0.1) is 0 Å². The largest absolute Gasteiger partial charge is 0.376 e. The Kier molecular flexibility index (Phi) is 5.32. The van der Waals surface area contributed by atoms with Crippen molar-refractivity contribution in [1.29, 1.82) is 0 Å². The van der Waals surface area contributed by atoms with Gasteiger partial charge in [0.15, 0.2) is 6.10 Å². The molecule has 0 aliphatic carbocycles. The number of carbonyl (C=O) groups excluding carboxylic acids is 2. The van der Waals surface area contributed by atoms with E-state index in [0.29, 0.717) is 30.3 Å². The summed E-state index contributed by atoms with van der Waals surface area (Å²) in [4.78, 5) is 25.7. The number of Topliss-reactive ketones (excluding diaryl/α,β-unsaturated/α-hetero) is 1. The first-order chi connectivity index (χ1) is 10.5. The van der Waals surface area contributed by atoms with E-state index in [1.54, 1.807) is 6.07 Å². The van der Waals surface area contributed by atoms with Crippen molar-refractivity contribution in [2.45, 2.75) is 45.1 Å². The zero-order valence-electron chi connectivity index (χ0n) is 13.2. The lowest BCUT2D eigenvalue weighted by Gasteiger charge is -2.31. The molecule has 1 heterocycles. The van der Waals surface area contributed by atoms with Gasteiger partial charge in [0.2, 0.25) is 5.78 Å². The number of ketones is 1. The minimum Gasteiger partial charge on any atom is -0.376 e. The van der Waals surface area contributed by atoms with Crippen molar-refractivity contribution in [1.82, 2.24) is 0 Å². The van der Waals surface area contributed by atoms with E-state index in [0.717, 1.165) is 24.8 Å². The molecule has 0 fully saturated rings. The fourth-order valence-corrected chi connectivity index (χ4v) is 3.11. The first-order valence-electron chi connectivity index (χ1n) is 7.92. The molecule has 120 valence electrons. The van der Waals surface area contributed by atoms with Crippen molar-refractivity contribution < 1.29 is 14.7 Å². The number of hydrogen-bond acceptors (Lipinski definition) is 4. The standard InChI is InChI=1S/C17H24N2O3/c1-3-5-11(8-9-18)12-6-7-13-14(10-12)19(4-2)17(22)16(21)15(13)20/h6-7,10-11,16,21H,3-5,8-9,18H2,1-2H3. The van der Waals surface area contributed by atoms with Gasteiger partial charge in [-0.2, -0.15) is 0 Å². The van der Waals surface area contributed by atoms with Gasteiger partial charge >= 0.3 is 0 Å². The zero-order chi connectivity index (χ0) is 16.3. The lowest BCUT2D eigenvalue weighted by Crippen LogP contribution is -2.48. The second kappa shape index (κ2) is 7.03. The van der Waals surface area contributed by atoms with E-state index in [1.165, 1.54) is 4.90 Å². The highest BCUT2D eigenvalue weighted by Gasteiger charge is 2.37. The number of nitrogens with zero attached hydrogens (tertiary/aromatic N) is 1. The van der Waals surface area contributed by atoms with Crippen LogP contribution in [0.25, 0.3) is 0 Å². The highest BCUT2D eigenvalue weighted by molar-refractivity contribution is 6.23. The molecule has 1 aromatic carbocycles. The van der Waals surface area contributed by atoms with E-state index < -0.39 is 17.8 Å². The number of fused-ring (bicyclic) bond motifs is 1. The Labute approximate surface area is 131 Å². The number of aliphatic hydroxyl groups excluding tert-OH is 1. The molecule has 22 heavy (non-hydrogen) atoms. The van der Waals surface area contributed by atoms with Crippen LogP contribution in [0.1, 0.15) is 54.9 Å². The van der Waals surface area contributed by atoms with Crippen molar-refractivity contribution >= 4 is 17.4 Å². The van der Waals surface area contributed by atoms with Gasteiger partial charge in [0.05, 0.1) is 5.69 Å². The second-order valence-electron chi connectivity index (χ2n) is 5.69. The van der Waals surface area contributed by atoms with Crippen LogP contribution in [0.5, 0.6) is 0 Å². The predicted octanol–water partition coefficient (Wildman–Crippen LogP) is 1.83. The normalized spacial score (nSPS) is 19.3. The first kappa shape index (κ1) is 16.6. The van der Waals surface area contributed by atoms with Crippen LogP contribution in [0.4, 0.5) is 5.69 Å². The third kappa shape index (κ3) is 2.91. The Morgan fingerprint density at radius 1 is 1.27 bits per heavy atom. The number of amides is 1. The minimum absolute atomic E-state index is 0.330. The third-order valence-corrected chi connectivity index (χ3v) is 4.27. The monoisotopic (exact) mass is 304 g/mol. The van der Waals surface area contributed by atoms with E-state index in [2.05, 4.69) is 6.92 Å². The van der Waals surface area contributed by atoms with Crippen LogP contribution in [-0.2, 0) is 4.79 Å². The first-order valence-corrected chi connectivity index (χ1v) is 7.92. The summed E-state index contributed by atoms with van der Waals surface area (Å²) in [5.41, 5.74) is 7.82. The number of benzene rings is 1. The number of carbonyl (C=O) groups is 2. The lowest BCUT2D eigenvalue weighted by atomic mass is 9.88. The molecule has 2 atom stereocenters. The van der Waals surface area contributed by atoms with Crippen molar-refractivity contribution in [3.63, 3.8) is 0 Å². The molecule has 2 rings (SSSR count). The maximum Gasteiger partial charge on any atom is 0.263 e. The average molecular weight is 304 g/mol. The smallest absolute Gasteiger partial charge is 0.263 e. The fourth-order valence-electron chi connectivity index (χ4n) is 3.11. The summed E-state index contributed by atoms with van der Waals surface area (Å²) >= 11 is 0. The summed E-state index contributed by atoms with van der Waals surface area (Å²) in [7, 11) is 0. The molecule has 1 aliphatic rings. The number of likely N-dealkylation sites (N-methyl/N-ethyl adjacent to an activating group) is 1. The SMILES string of the molecule is CCCC(CCN)c1ccc2c(c1)N(CC)C(=O)C(O)C2=O. The van der Waals surface area contributed by atoms with Gasteiger partial charge in [-0.05, 0) is 49.9 Å². The summed E-state index contributed by atoms with van der Waals surface area (Å²) in [6, 6.07) is 5.56. The Hall–Kier alpha value is -1.72. The summed E-state index contributed by atoms with van der Waals surface area (Å²) in [5.74, 6) is -0.721. The molecule has 5 nitrogen and oxygen atoms in total. The molecule has 0 radical (unpaired) electrons. The van der Waals surface area contributed by atoms with Crippen LogP contribution in [0.3, 0.4) is 0 Å². The van der Waals surface area contributed by atoms with Gasteiger partial charge in [-0.1, -0.05) is 19.4 Å². The number of rotatable bonds is 6. The average Bonchev–Trinajstić information content (AvgIpc) is 2.52. The van der Waals surface area contributed by atoms with Crippen LogP contribution in [0.2, 0.25) is 0 Å². The van der Waals surface area contributed by atoms with Gasteiger partial charge in [0.1, 0.15) is 0 Å². The molecule has 0 saturated carbocycles. The molecule has 0 bridgehead atoms. The molecular formula is C17H24N2O3. The van der Waals surface area contributed by atoms with Gasteiger partial charge in [-0.25, -0.2) is 0 Å². The Bertz CT molecular complexity index is 565. The van der Waals surface area contributed by atoms with E-state index in [-0.39, 0.29) is 0 Å². The molecule has 3 N–H and O–H groups in total. The maximum atomic E-state index is 12.1. The van der Waals surface area contributed by atoms with Crippen LogP contribution in [0.15, 0.2) is 18.2 Å². The number of hydrogen-bond donors (Lipinski definition) is 2. The van der Waals surface area contributed by atoms with E-state index in [9.17, 15) is 14.7 Å². The summed E-state index contributed by atoms with van der Waals surface area (Å²) in [5, 5.41) is 9.78. The van der Waals surface area contributed by atoms with Crippen molar-refractivity contribution in [3.8, 4) is 0 Å². The van der Waals surface area contributed by atoms with Crippen molar-refractivity contribution in [2.24, 2.45) is 5.73 Å². The fraction of sp³-hybridized carbons (Fsp3) is 0.529. The van der Waals surface area contributed by atoms with Gasteiger partial charge in [-0.3, -0.25) is 9.59 Å². The van der Waals surface area contributed by atoms with E-state index >= 15 is 0 Å². The Morgan fingerprint density at radius 2 is 2.00 bits per heavy atom. The third-order valence-electron chi connectivity index (χ3n) is 4.27. The lowest BCUT2D eigenvalue weighted by molar-refractivity contribution is -0.124. The molecule has 0 saturated heterocycles. The van der Waals surface area contributed by atoms with Gasteiger partial charge < -0.3 is 15.7 Å². The molecule has 5 heteroatoms. The predicted molar refractivity (Wildman–Crippen MR) is 86.1 cm³/mol. The van der Waals surface area contributed by atoms with Gasteiger partial charge in [0.25, 0.3) is 5.91 Å². The number of nitrogens with two attached hydrogens (primary N) is 1. The van der Waals surface area contributed by atoms with Crippen LogP contribution >= 0.6 is 0 Å². The summed E-state index contributed by atoms with van der Waals surface area (Å²) in [6.45, 7) is 4.99. The maximum absolute atomic E-state index is 12.1. The molecule has 1 aromatic rings. The minimum atomic E-state index is -1.58. The number of aliphatic hydroxyl groups is 1. The number of anilines is 1. The topological polar surface area (TPSA) is 83.6 Å². The highest BCUT2D eigenvalue weighted by atomic mass is 16.3. The quantitative estimate of drug-likeness (QED) is 0.785. The summed E-state index contributed by atoms with van der Waals surface area (Å²) < 4.78 is 0. The Balaban J connectivity index is 2.46. The van der Waals surface area contributed by atoms with E-state index in [1.807, 2.05) is 19.1 Å². The van der Waals surface area contributed by atoms with Crippen LogP contribution in [-0.4, -0.2) is 36.0 Å². The molecule has 1 aliphatic heterocycles. The zero-order valence-corrected chi connectivity index (χ0v) is 13.2. The van der Waals surface area contributed by atoms with Crippen molar-refractivity contribution in [3.05, 3.63) is 29.3 Å². The molecule has 1 amide bonds. The second-order valence-corrected chi connectivity index (χ2v) is 5.69. The van der Waals surface area contributed by atoms with Gasteiger partial charge in [-0.15, -0.1) is 0 Å². The van der Waals surface area contributed by atoms with Crippen molar-refractivity contribution in [2.75, 3.05) is 18.0 Å². The molecule has 2 unspecified atom stereocenters. The molecule has 0 aromatic heterocycles. The van der Waals surface area contributed by atoms with E-state index in [4.69, 9.17) is 5.73 Å².